The lowest BCUT2D eigenvalue weighted by molar-refractivity contribution is 0.252. The van der Waals surface area contributed by atoms with E-state index in [0.717, 1.165) is 48.4 Å². The highest BCUT2D eigenvalue weighted by atomic mass is 16.3. The molecule has 0 radical (unpaired) electrons. The molecule has 3 rings (SSSR count). The van der Waals surface area contributed by atoms with Crippen molar-refractivity contribution < 1.29 is 9.21 Å². The molecule has 0 bridgehead atoms. The summed E-state index contributed by atoms with van der Waals surface area (Å²) in [5.74, 6) is 1.32. The van der Waals surface area contributed by atoms with Crippen LogP contribution in [-0.2, 0) is 0 Å². The van der Waals surface area contributed by atoms with Crippen LogP contribution < -0.4 is 10.6 Å². The summed E-state index contributed by atoms with van der Waals surface area (Å²) in [7, 11) is 0. The maximum Gasteiger partial charge on any atom is 0.319 e. The number of anilines is 1. The first-order chi connectivity index (χ1) is 9.76. The Labute approximate surface area is 117 Å². The number of fused-ring (bicyclic) bond motifs is 1. The fourth-order valence-corrected chi connectivity index (χ4v) is 2.08. The Hall–Kier alpha value is -2.04. The number of oxazole rings is 1. The van der Waals surface area contributed by atoms with Crippen molar-refractivity contribution in [2.45, 2.75) is 38.5 Å². The van der Waals surface area contributed by atoms with E-state index in [9.17, 15) is 4.79 Å². The molecule has 1 heterocycles. The summed E-state index contributed by atoms with van der Waals surface area (Å²) in [6.45, 7) is 2.79. The summed E-state index contributed by atoms with van der Waals surface area (Å²) in [6, 6.07) is 5.37. The van der Waals surface area contributed by atoms with E-state index in [4.69, 9.17) is 4.42 Å². The number of nitrogens with zero attached hydrogens (tertiary/aromatic N) is 1. The predicted octanol–water partition coefficient (Wildman–Crippen LogP) is 3.63. The van der Waals surface area contributed by atoms with Gasteiger partial charge in [-0.3, -0.25) is 0 Å². The van der Waals surface area contributed by atoms with Crippen molar-refractivity contribution in [1.29, 1.82) is 0 Å². The standard InChI is InChI=1S/C15H19N3O2/c1-2-3-8-16-15(19)17-11-6-7-13-12(9-11)18-14(20-13)10-4-5-10/h6-7,9-10H,2-5,8H2,1H3,(H2,16,17,19). The molecule has 0 unspecified atom stereocenters. The third kappa shape index (κ3) is 2.92. The molecule has 2 aromatic rings. The first-order valence-corrected chi connectivity index (χ1v) is 7.21. The maximum absolute atomic E-state index is 11.7. The number of unbranched alkanes of at least 4 members (excludes halogenated alkanes) is 1. The van der Waals surface area contributed by atoms with Gasteiger partial charge in [0.2, 0.25) is 0 Å². The second-order valence-corrected chi connectivity index (χ2v) is 5.24. The van der Waals surface area contributed by atoms with Crippen LogP contribution in [0.15, 0.2) is 22.6 Å². The molecule has 20 heavy (non-hydrogen) atoms. The second kappa shape index (κ2) is 5.53. The lowest BCUT2D eigenvalue weighted by Gasteiger charge is -2.06. The Kier molecular flexibility index (Phi) is 3.58. The van der Waals surface area contributed by atoms with Gasteiger partial charge in [-0.15, -0.1) is 0 Å². The zero-order chi connectivity index (χ0) is 13.9. The fourth-order valence-electron chi connectivity index (χ4n) is 2.08. The topological polar surface area (TPSA) is 67.2 Å². The van der Waals surface area contributed by atoms with Crippen LogP contribution in [0.5, 0.6) is 0 Å². The van der Waals surface area contributed by atoms with E-state index in [2.05, 4.69) is 22.5 Å². The Bertz CT molecular complexity index is 617. The van der Waals surface area contributed by atoms with Crippen LogP contribution in [0.1, 0.15) is 44.4 Å². The van der Waals surface area contributed by atoms with Crippen LogP contribution in [-0.4, -0.2) is 17.6 Å². The lowest BCUT2D eigenvalue weighted by atomic mass is 10.3. The third-order valence-electron chi connectivity index (χ3n) is 3.40. The monoisotopic (exact) mass is 273 g/mol. The lowest BCUT2D eigenvalue weighted by Crippen LogP contribution is -2.29. The molecular formula is C15H19N3O2. The van der Waals surface area contributed by atoms with Crippen molar-refractivity contribution in [3.8, 4) is 0 Å². The van der Waals surface area contributed by atoms with E-state index in [-0.39, 0.29) is 6.03 Å². The molecule has 1 aliphatic rings. The third-order valence-corrected chi connectivity index (χ3v) is 3.40. The summed E-state index contributed by atoms with van der Waals surface area (Å²) in [5.41, 5.74) is 2.32. The zero-order valence-electron chi connectivity index (χ0n) is 11.6. The van der Waals surface area contributed by atoms with Gasteiger partial charge in [0.25, 0.3) is 0 Å². The number of carbonyl (C=O) groups excluding carboxylic acids is 1. The number of hydrogen-bond donors (Lipinski definition) is 2. The molecule has 106 valence electrons. The normalized spacial score (nSPS) is 14.4. The minimum Gasteiger partial charge on any atom is -0.440 e. The highest BCUT2D eigenvalue weighted by Gasteiger charge is 2.28. The molecule has 5 nitrogen and oxygen atoms in total. The Morgan fingerprint density at radius 1 is 1.45 bits per heavy atom. The van der Waals surface area contributed by atoms with Gasteiger partial charge in [-0.1, -0.05) is 13.3 Å². The minimum absolute atomic E-state index is 0.177. The number of rotatable bonds is 5. The predicted molar refractivity (Wildman–Crippen MR) is 77.9 cm³/mol. The number of nitrogens with one attached hydrogen (secondary N) is 2. The van der Waals surface area contributed by atoms with Gasteiger partial charge in [0.15, 0.2) is 11.5 Å². The highest BCUT2D eigenvalue weighted by molar-refractivity contribution is 5.91. The summed E-state index contributed by atoms with van der Waals surface area (Å²) in [4.78, 5) is 16.2. The molecule has 1 aromatic carbocycles. The SMILES string of the molecule is CCCCNC(=O)Nc1ccc2oc(C3CC3)nc2c1. The molecule has 1 aliphatic carbocycles. The van der Waals surface area contributed by atoms with Gasteiger partial charge in [-0.25, -0.2) is 9.78 Å². The number of carbonyl (C=O) groups is 1. The summed E-state index contributed by atoms with van der Waals surface area (Å²) < 4.78 is 5.69. The van der Waals surface area contributed by atoms with Crippen LogP contribution in [0.25, 0.3) is 11.1 Å². The molecule has 1 saturated carbocycles. The van der Waals surface area contributed by atoms with Crippen LogP contribution in [0, 0.1) is 0 Å². The summed E-state index contributed by atoms with van der Waals surface area (Å²) >= 11 is 0. The minimum atomic E-state index is -0.177. The van der Waals surface area contributed by atoms with Gasteiger partial charge in [0.05, 0.1) is 0 Å². The van der Waals surface area contributed by atoms with Crippen LogP contribution in [0.2, 0.25) is 0 Å². The average molecular weight is 273 g/mol. The van der Waals surface area contributed by atoms with Crippen molar-refractivity contribution in [1.82, 2.24) is 10.3 Å². The first-order valence-electron chi connectivity index (χ1n) is 7.21. The Morgan fingerprint density at radius 2 is 2.30 bits per heavy atom. The van der Waals surface area contributed by atoms with E-state index in [0.29, 0.717) is 12.5 Å². The van der Waals surface area contributed by atoms with Crippen LogP contribution in [0.3, 0.4) is 0 Å². The number of amides is 2. The molecule has 2 N–H and O–H groups in total. The smallest absolute Gasteiger partial charge is 0.319 e. The second-order valence-electron chi connectivity index (χ2n) is 5.24. The Morgan fingerprint density at radius 3 is 3.05 bits per heavy atom. The number of urea groups is 1. The van der Waals surface area contributed by atoms with Gasteiger partial charge < -0.3 is 15.1 Å². The van der Waals surface area contributed by atoms with Crippen molar-refractivity contribution in [2.24, 2.45) is 0 Å². The molecule has 0 spiro atoms. The van der Waals surface area contributed by atoms with E-state index < -0.39 is 0 Å². The maximum atomic E-state index is 11.7. The molecule has 0 aliphatic heterocycles. The van der Waals surface area contributed by atoms with Gasteiger partial charge in [-0.05, 0) is 37.5 Å². The molecule has 0 saturated heterocycles. The average Bonchev–Trinajstić information content (AvgIpc) is 3.19. The van der Waals surface area contributed by atoms with Crippen LogP contribution in [0.4, 0.5) is 10.5 Å². The molecule has 2 amide bonds. The highest BCUT2D eigenvalue weighted by Crippen LogP contribution is 2.40. The van der Waals surface area contributed by atoms with E-state index >= 15 is 0 Å². The van der Waals surface area contributed by atoms with Crippen molar-refractivity contribution >= 4 is 22.8 Å². The largest absolute Gasteiger partial charge is 0.440 e. The van der Waals surface area contributed by atoms with Gasteiger partial charge >= 0.3 is 6.03 Å². The van der Waals surface area contributed by atoms with Crippen molar-refractivity contribution in [2.75, 3.05) is 11.9 Å². The zero-order valence-corrected chi connectivity index (χ0v) is 11.6. The molecule has 5 heteroatoms. The first kappa shape index (κ1) is 13.0. The van der Waals surface area contributed by atoms with Gasteiger partial charge in [-0.2, -0.15) is 0 Å². The van der Waals surface area contributed by atoms with Crippen molar-refractivity contribution in [3.05, 3.63) is 24.1 Å². The Balaban J connectivity index is 1.67. The van der Waals surface area contributed by atoms with Crippen molar-refractivity contribution in [3.63, 3.8) is 0 Å². The summed E-state index contributed by atoms with van der Waals surface area (Å²) in [5, 5.41) is 5.64. The van der Waals surface area contributed by atoms with E-state index in [1.165, 1.54) is 0 Å². The molecule has 1 fully saturated rings. The van der Waals surface area contributed by atoms with E-state index in [1.807, 2.05) is 18.2 Å². The summed E-state index contributed by atoms with van der Waals surface area (Å²) in [6.07, 6.45) is 4.38. The van der Waals surface area contributed by atoms with Gasteiger partial charge in [0, 0.05) is 18.2 Å². The molecule has 1 aromatic heterocycles. The molecule has 0 atom stereocenters. The number of aromatic nitrogens is 1. The number of benzene rings is 1. The van der Waals surface area contributed by atoms with E-state index in [1.54, 1.807) is 0 Å². The fraction of sp³-hybridized carbons (Fsp3) is 0.467. The quantitative estimate of drug-likeness (QED) is 0.817. The molecular weight excluding hydrogens is 254 g/mol. The van der Waals surface area contributed by atoms with Gasteiger partial charge in [0.1, 0.15) is 5.52 Å². The number of hydrogen-bond acceptors (Lipinski definition) is 3. The van der Waals surface area contributed by atoms with Crippen LogP contribution >= 0.6 is 0 Å².